The van der Waals surface area contributed by atoms with Gasteiger partial charge in [-0.3, -0.25) is 0 Å². The number of methoxy groups -OCH3 is 1. The number of rotatable bonds is 1. The van der Waals surface area contributed by atoms with Gasteiger partial charge < -0.3 is 4.74 Å². The fraction of sp³-hybridized carbons (Fsp3) is 0.125. The number of hydrazine groups is 1. The fourth-order valence-corrected chi connectivity index (χ4v) is 0.792. The summed E-state index contributed by atoms with van der Waals surface area (Å²) in [6, 6.07) is 8.86. The van der Waals surface area contributed by atoms with Gasteiger partial charge in [0, 0.05) is 0 Å². The molecule has 12 heavy (non-hydrogen) atoms. The maximum atomic E-state index is 10.9. The van der Waals surface area contributed by atoms with Gasteiger partial charge in [0.2, 0.25) is 0 Å². The smallest absolute Gasteiger partial charge is 0.428 e. The number of para-hydroxylation sites is 1. The quantitative estimate of drug-likeness (QED) is 0.386. The molecule has 1 amide bonds. The van der Waals surface area contributed by atoms with E-state index in [1.807, 2.05) is 6.07 Å². The molecule has 64 valence electrons. The molecule has 0 radical (unpaired) electrons. The summed E-state index contributed by atoms with van der Waals surface area (Å²) in [7, 11) is 1.28. The highest BCUT2D eigenvalue weighted by atomic mass is 16.5. The first-order chi connectivity index (χ1) is 5.75. The highest BCUT2D eigenvalue weighted by Crippen LogP contribution is 2.09. The Bertz CT molecular complexity index is 261. The van der Waals surface area contributed by atoms with Crippen LogP contribution in [0.25, 0.3) is 0 Å². The highest BCUT2D eigenvalue weighted by Gasteiger charge is 2.09. The van der Waals surface area contributed by atoms with Crippen LogP contribution in [0.5, 0.6) is 0 Å². The van der Waals surface area contributed by atoms with Gasteiger partial charge in [0.05, 0.1) is 12.8 Å². The maximum absolute atomic E-state index is 10.9. The average Bonchev–Trinajstić information content (AvgIpc) is 2.17. The van der Waals surface area contributed by atoms with Crippen LogP contribution in [0.2, 0.25) is 0 Å². The van der Waals surface area contributed by atoms with Crippen molar-refractivity contribution >= 4 is 11.8 Å². The van der Waals surface area contributed by atoms with Crippen LogP contribution in [-0.4, -0.2) is 13.2 Å². The van der Waals surface area contributed by atoms with E-state index in [0.717, 1.165) is 5.01 Å². The molecule has 0 aromatic heterocycles. The summed E-state index contributed by atoms with van der Waals surface area (Å²) in [4.78, 5) is 10.9. The Kier molecular flexibility index (Phi) is 2.66. The summed E-state index contributed by atoms with van der Waals surface area (Å²) < 4.78 is 4.43. The molecule has 0 saturated carbocycles. The van der Waals surface area contributed by atoms with Crippen LogP contribution >= 0.6 is 0 Å². The van der Waals surface area contributed by atoms with E-state index in [2.05, 4.69) is 4.74 Å². The van der Waals surface area contributed by atoms with Crippen LogP contribution in [-0.2, 0) is 4.74 Å². The topological polar surface area (TPSA) is 55.6 Å². The van der Waals surface area contributed by atoms with Crippen molar-refractivity contribution in [2.75, 3.05) is 12.1 Å². The third kappa shape index (κ3) is 1.73. The second kappa shape index (κ2) is 3.73. The first-order valence-electron chi connectivity index (χ1n) is 3.43. The number of nitrogens with two attached hydrogens (primary N) is 1. The summed E-state index contributed by atoms with van der Waals surface area (Å²) >= 11 is 0. The van der Waals surface area contributed by atoms with Crippen LogP contribution < -0.4 is 10.9 Å². The predicted molar refractivity (Wildman–Crippen MR) is 45.5 cm³/mol. The Morgan fingerprint density at radius 2 is 2.00 bits per heavy atom. The lowest BCUT2D eigenvalue weighted by Crippen LogP contribution is -2.37. The van der Waals surface area contributed by atoms with Gasteiger partial charge in [-0.1, -0.05) is 18.2 Å². The van der Waals surface area contributed by atoms with Gasteiger partial charge in [0.1, 0.15) is 0 Å². The van der Waals surface area contributed by atoms with Gasteiger partial charge in [-0.25, -0.2) is 15.6 Å². The molecule has 0 unspecified atom stereocenters. The molecule has 0 saturated heterocycles. The first-order valence-corrected chi connectivity index (χ1v) is 3.43. The van der Waals surface area contributed by atoms with Gasteiger partial charge in [-0.2, -0.15) is 0 Å². The zero-order valence-corrected chi connectivity index (χ0v) is 6.73. The van der Waals surface area contributed by atoms with Crippen LogP contribution in [0.3, 0.4) is 0 Å². The monoisotopic (exact) mass is 166 g/mol. The molecule has 1 aromatic rings. The van der Waals surface area contributed by atoms with Crippen molar-refractivity contribution in [2.45, 2.75) is 0 Å². The number of carbonyl (C=O) groups is 1. The van der Waals surface area contributed by atoms with Crippen molar-refractivity contribution in [3.05, 3.63) is 30.3 Å². The molecule has 4 nitrogen and oxygen atoms in total. The van der Waals surface area contributed by atoms with Gasteiger partial charge >= 0.3 is 6.09 Å². The summed E-state index contributed by atoms with van der Waals surface area (Å²) in [5.74, 6) is 5.41. The number of ether oxygens (including phenoxy) is 1. The fourth-order valence-electron chi connectivity index (χ4n) is 0.792. The molecule has 1 rings (SSSR count). The second-order valence-corrected chi connectivity index (χ2v) is 2.18. The molecule has 1 aromatic carbocycles. The van der Waals surface area contributed by atoms with E-state index in [1.54, 1.807) is 24.3 Å². The van der Waals surface area contributed by atoms with E-state index in [1.165, 1.54) is 7.11 Å². The Morgan fingerprint density at radius 1 is 1.42 bits per heavy atom. The van der Waals surface area contributed by atoms with E-state index < -0.39 is 6.09 Å². The van der Waals surface area contributed by atoms with Gasteiger partial charge in [-0.15, -0.1) is 0 Å². The van der Waals surface area contributed by atoms with Crippen molar-refractivity contribution in [1.29, 1.82) is 0 Å². The molecule has 0 bridgehead atoms. The van der Waals surface area contributed by atoms with E-state index in [4.69, 9.17) is 5.84 Å². The average molecular weight is 166 g/mol. The minimum atomic E-state index is -0.582. The molecule has 4 heteroatoms. The lowest BCUT2D eigenvalue weighted by Gasteiger charge is -2.13. The van der Waals surface area contributed by atoms with Gasteiger partial charge in [-0.05, 0) is 12.1 Å². The minimum absolute atomic E-state index is 0.582. The van der Waals surface area contributed by atoms with Gasteiger partial charge in [0.25, 0.3) is 0 Å². The predicted octanol–water partition coefficient (Wildman–Crippen LogP) is 1.13. The highest BCUT2D eigenvalue weighted by molar-refractivity contribution is 5.85. The minimum Gasteiger partial charge on any atom is -0.452 e. The molecule has 0 aliphatic carbocycles. The lowest BCUT2D eigenvalue weighted by molar-refractivity contribution is 0.178. The zero-order valence-electron chi connectivity index (χ0n) is 6.73. The standard InChI is InChI=1S/C8H10N2O2/c1-12-8(11)10(9)7-5-3-2-4-6-7/h2-6H,9H2,1H3. The van der Waals surface area contributed by atoms with E-state index in [9.17, 15) is 4.79 Å². The van der Waals surface area contributed by atoms with Crippen molar-refractivity contribution in [3.8, 4) is 0 Å². The summed E-state index contributed by atoms with van der Waals surface area (Å²) in [5.41, 5.74) is 0.601. The largest absolute Gasteiger partial charge is 0.452 e. The SMILES string of the molecule is COC(=O)N(N)c1ccccc1. The van der Waals surface area contributed by atoms with Crippen LogP contribution in [0, 0.1) is 0 Å². The Hall–Kier alpha value is -1.55. The number of nitrogens with zero attached hydrogens (tertiary/aromatic N) is 1. The first kappa shape index (κ1) is 8.55. The van der Waals surface area contributed by atoms with Crippen LogP contribution in [0.1, 0.15) is 0 Å². The number of benzene rings is 1. The molecule has 0 atom stereocenters. The van der Waals surface area contributed by atoms with Crippen molar-refractivity contribution < 1.29 is 9.53 Å². The Balaban J connectivity index is 2.78. The summed E-state index contributed by atoms with van der Waals surface area (Å²) in [6.45, 7) is 0. The molecular formula is C8H10N2O2. The Morgan fingerprint density at radius 3 is 2.50 bits per heavy atom. The number of carbonyl (C=O) groups excluding carboxylic acids is 1. The van der Waals surface area contributed by atoms with Crippen LogP contribution in [0.4, 0.5) is 10.5 Å². The second-order valence-electron chi connectivity index (χ2n) is 2.18. The molecule has 0 aliphatic heterocycles. The summed E-state index contributed by atoms with van der Waals surface area (Å²) in [5, 5.41) is 0.944. The molecule has 0 spiro atoms. The summed E-state index contributed by atoms with van der Waals surface area (Å²) in [6.07, 6.45) is -0.582. The maximum Gasteiger partial charge on any atom is 0.428 e. The lowest BCUT2D eigenvalue weighted by atomic mass is 10.3. The molecular weight excluding hydrogens is 156 g/mol. The van der Waals surface area contributed by atoms with E-state index in [0.29, 0.717) is 5.69 Å². The van der Waals surface area contributed by atoms with Crippen LogP contribution in [0.15, 0.2) is 30.3 Å². The third-order valence-corrected chi connectivity index (χ3v) is 1.41. The number of hydrogen-bond acceptors (Lipinski definition) is 3. The number of hydrogen-bond donors (Lipinski definition) is 1. The molecule has 0 heterocycles. The molecule has 2 N–H and O–H groups in total. The third-order valence-electron chi connectivity index (χ3n) is 1.41. The van der Waals surface area contributed by atoms with Gasteiger partial charge in [0.15, 0.2) is 0 Å². The van der Waals surface area contributed by atoms with E-state index in [-0.39, 0.29) is 0 Å². The van der Waals surface area contributed by atoms with Crippen molar-refractivity contribution in [2.24, 2.45) is 5.84 Å². The zero-order chi connectivity index (χ0) is 8.97. The van der Waals surface area contributed by atoms with Crippen molar-refractivity contribution in [3.63, 3.8) is 0 Å². The van der Waals surface area contributed by atoms with E-state index >= 15 is 0 Å². The normalized spacial score (nSPS) is 9.17. The Labute approximate surface area is 70.5 Å². The van der Waals surface area contributed by atoms with Crippen molar-refractivity contribution in [1.82, 2.24) is 0 Å². The molecule has 0 aliphatic rings. The number of amides is 1. The number of anilines is 1. The molecule has 0 fully saturated rings.